The number of unbranched alkanes of at least 4 members (excludes halogenated alkanes) is 13. The Morgan fingerprint density at radius 2 is 1.15 bits per heavy atom. The number of rotatable bonds is 24. The number of amides is 1. The molecule has 2 unspecified atom stereocenters. The normalized spacial score (nSPS) is 13.2. The summed E-state index contributed by atoms with van der Waals surface area (Å²) in [7, 11) is -5.29. The molecular weight excluding hydrogens is 541 g/mol. The van der Waals surface area contributed by atoms with E-state index in [-0.39, 0.29) is 36.0 Å². The average Bonchev–Trinajstić information content (AvgIpc) is 2.82. The molecule has 1 amide bonds. The molecule has 0 aromatic carbocycles. The van der Waals surface area contributed by atoms with E-state index in [0.29, 0.717) is 6.42 Å². The van der Waals surface area contributed by atoms with Crippen molar-refractivity contribution >= 4 is 33.9 Å². The molecule has 0 aromatic heterocycles. The summed E-state index contributed by atoms with van der Waals surface area (Å²) in [5.41, 5.74) is -2.22. The molecule has 0 spiro atoms. The molecule has 39 heavy (non-hydrogen) atoms. The molecule has 0 aliphatic heterocycles. The summed E-state index contributed by atoms with van der Waals surface area (Å²) >= 11 is 0. The number of nitrogens with one attached hydrogen (secondary N) is 1. The Balaban J connectivity index is 0. The van der Waals surface area contributed by atoms with Crippen molar-refractivity contribution in [1.29, 1.82) is 0 Å². The van der Waals surface area contributed by atoms with Crippen LogP contribution in [0, 0.1) is 11.3 Å². The van der Waals surface area contributed by atoms with Gasteiger partial charge in [0.15, 0.2) is 10.7 Å². The second-order valence-corrected chi connectivity index (χ2v) is 11.8. The second-order valence-electron chi connectivity index (χ2n) is 10.2. The van der Waals surface area contributed by atoms with E-state index in [2.05, 4.69) is 12.2 Å². The number of aliphatic carboxylic acids is 3. The van der Waals surface area contributed by atoms with Crippen molar-refractivity contribution in [1.82, 2.24) is 5.32 Å². The summed E-state index contributed by atoms with van der Waals surface area (Å²) in [6, 6.07) is 0. The molecular formula is C26H46NNaO10S. The SMILES string of the molecule is CCCCCCCCCCCCCCCCC(CNC(=O)CC(C(=O)O)S(=O)(=O)[O-])C(C)(C(=O)O)C(=O)O.[Na+]. The van der Waals surface area contributed by atoms with E-state index in [1.165, 1.54) is 51.4 Å². The van der Waals surface area contributed by atoms with Gasteiger partial charge in [0.05, 0.1) is 6.42 Å². The maximum absolute atomic E-state index is 12.1. The standard InChI is InChI=1S/C26H47NO10S.Na/c1-3-4-5-6-7-8-9-10-11-12-13-14-15-16-17-20(26(2,24(31)32)25(33)34)19-27-22(28)18-21(23(29)30)38(35,36)37;/h20-21H,3-19H2,1-2H3,(H,27,28)(H,29,30)(H,31,32)(H,33,34)(H,35,36,37);/q;+1/p-1. The van der Waals surface area contributed by atoms with Crippen LogP contribution in [0.2, 0.25) is 0 Å². The van der Waals surface area contributed by atoms with Gasteiger partial charge in [-0.3, -0.25) is 19.2 Å². The predicted molar refractivity (Wildman–Crippen MR) is 141 cm³/mol. The molecule has 0 bridgehead atoms. The molecule has 2 atom stereocenters. The molecule has 0 saturated carbocycles. The minimum atomic E-state index is -5.29. The zero-order valence-corrected chi connectivity index (χ0v) is 26.6. The fourth-order valence-electron chi connectivity index (χ4n) is 4.41. The first kappa shape index (κ1) is 39.9. The van der Waals surface area contributed by atoms with Gasteiger partial charge in [-0.2, -0.15) is 0 Å². The minimum Gasteiger partial charge on any atom is -0.747 e. The molecule has 13 heteroatoms. The number of carboxylic acids is 3. The Bertz CT molecular complexity index is 836. The van der Waals surface area contributed by atoms with Crippen molar-refractivity contribution in [2.45, 2.75) is 122 Å². The maximum atomic E-state index is 12.1. The van der Waals surface area contributed by atoms with Crippen molar-refractivity contribution in [2.24, 2.45) is 11.3 Å². The van der Waals surface area contributed by atoms with Crippen LogP contribution in [0.4, 0.5) is 0 Å². The van der Waals surface area contributed by atoms with Gasteiger partial charge in [0.2, 0.25) is 5.91 Å². The van der Waals surface area contributed by atoms with E-state index < -0.39 is 63.5 Å². The monoisotopic (exact) mass is 587 g/mol. The van der Waals surface area contributed by atoms with Crippen molar-refractivity contribution in [3.8, 4) is 0 Å². The molecule has 0 heterocycles. The molecule has 0 aromatic rings. The zero-order valence-electron chi connectivity index (χ0n) is 23.8. The van der Waals surface area contributed by atoms with E-state index in [0.717, 1.165) is 39.0 Å². The first-order chi connectivity index (χ1) is 17.8. The summed E-state index contributed by atoms with van der Waals surface area (Å²) in [6.45, 7) is 2.83. The van der Waals surface area contributed by atoms with Crippen LogP contribution in [0.15, 0.2) is 0 Å². The Morgan fingerprint density at radius 1 is 0.769 bits per heavy atom. The largest absolute Gasteiger partial charge is 1.00 e. The Labute approximate surface area is 254 Å². The molecule has 0 saturated heterocycles. The van der Waals surface area contributed by atoms with Crippen LogP contribution >= 0.6 is 0 Å². The van der Waals surface area contributed by atoms with Gasteiger partial charge in [-0.05, 0) is 13.3 Å². The van der Waals surface area contributed by atoms with Crippen LogP contribution in [0.1, 0.15) is 117 Å². The Morgan fingerprint density at radius 3 is 1.49 bits per heavy atom. The topological polar surface area (TPSA) is 198 Å². The van der Waals surface area contributed by atoms with Gasteiger partial charge in [0, 0.05) is 12.5 Å². The van der Waals surface area contributed by atoms with Crippen molar-refractivity contribution < 1.29 is 77.0 Å². The number of carbonyl (C=O) groups is 4. The number of carboxylic acid groups (broad SMARTS) is 3. The third-order valence-electron chi connectivity index (χ3n) is 7.15. The van der Waals surface area contributed by atoms with Crippen molar-refractivity contribution in [3.05, 3.63) is 0 Å². The number of hydrogen-bond donors (Lipinski definition) is 4. The summed E-state index contributed by atoms with van der Waals surface area (Å²) in [4.78, 5) is 46.7. The molecule has 11 nitrogen and oxygen atoms in total. The van der Waals surface area contributed by atoms with Gasteiger partial charge in [0.25, 0.3) is 0 Å². The molecule has 0 fully saturated rings. The van der Waals surface area contributed by atoms with Crippen LogP contribution in [-0.4, -0.2) is 63.9 Å². The van der Waals surface area contributed by atoms with E-state index >= 15 is 0 Å². The Hall–Kier alpha value is -1.21. The number of hydrogen-bond acceptors (Lipinski definition) is 7. The summed E-state index contributed by atoms with van der Waals surface area (Å²) in [5.74, 6) is -7.28. The fourth-order valence-corrected chi connectivity index (χ4v) is 5.01. The molecule has 0 radical (unpaired) electrons. The van der Waals surface area contributed by atoms with Crippen LogP contribution in [0.3, 0.4) is 0 Å². The van der Waals surface area contributed by atoms with Gasteiger partial charge in [-0.15, -0.1) is 0 Å². The van der Waals surface area contributed by atoms with Crippen molar-refractivity contribution in [2.75, 3.05) is 6.54 Å². The summed E-state index contributed by atoms with van der Waals surface area (Å²) < 4.78 is 33.2. The van der Waals surface area contributed by atoms with E-state index in [1.54, 1.807) is 0 Å². The zero-order chi connectivity index (χ0) is 29.2. The third kappa shape index (κ3) is 16.6. The molecule has 0 aliphatic rings. The quantitative estimate of drug-likeness (QED) is 0.0550. The minimum absolute atomic E-state index is 0. The van der Waals surface area contributed by atoms with Gasteiger partial charge in [-0.25, -0.2) is 8.42 Å². The molecule has 0 rings (SSSR count). The average molecular weight is 588 g/mol. The van der Waals surface area contributed by atoms with Gasteiger partial charge in [-0.1, -0.05) is 96.8 Å². The van der Waals surface area contributed by atoms with Crippen LogP contribution in [0.25, 0.3) is 0 Å². The third-order valence-corrected chi connectivity index (χ3v) is 8.22. The fraction of sp³-hybridized carbons (Fsp3) is 0.846. The summed E-state index contributed by atoms with van der Waals surface area (Å²) in [5, 5.41) is 27.8. The van der Waals surface area contributed by atoms with E-state index in [4.69, 9.17) is 5.11 Å². The first-order valence-electron chi connectivity index (χ1n) is 13.7. The van der Waals surface area contributed by atoms with Gasteiger partial charge >= 0.3 is 47.5 Å². The second kappa shape index (κ2) is 21.5. The van der Waals surface area contributed by atoms with Crippen LogP contribution < -0.4 is 34.9 Å². The summed E-state index contributed by atoms with van der Waals surface area (Å²) in [6.07, 6.45) is 14.7. The first-order valence-corrected chi connectivity index (χ1v) is 15.2. The van der Waals surface area contributed by atoms with Crippen LogP contribution in [0.5, 0.6) is 0 Å². The van der Waals surface area contributed by atoms with E-state index in [9.17, 15) is 42.4 Å². The molecule has 4 N–H and O–H groups in total. The van der Waals surface area contributed by atoms with Crippen LogP contribution in [-0.2, 0) is 29.3 Å². The number of carbonyl (C=O) groups excluding carboxylic acids is 1. The predicted octanol–water partition coefficient (Wildman–Crippen LogP) is 1.16. The van der Waals surface area contributed by atoms with Gasteiger partial charge in [0.1, 0.15) is 10.1 Å². The van der Waals surface area contributed by atoms with Gasteiger partial charge < -0.3 is 25.2 Å². The van der Waals surface area contributed by atoms with E-state index in [1.807, 2.05) is 0 Å². The maximum Gasteiger partial charge on any atom is 1.00 e. The Kier molecular flexibility index (Phi) is 22.0. The van der Waals surface area contributed by atoms with Crippen molar-refractivity contribution in [3.63, 3.8) is 0 Å². The smallest absolute Gasteiger partial charge is 0.747 e. The molecule has 222 valence electrons. The molecule has 0 aliphatic carbocycles.